The number of anilines is 1. The number of carboxylic acid groups (broad SMARTS) is 1. The highest BCUT2D eigenvalue weighted by Gasteiger charge is 2.25. The molecule has 0 amide bonds. The van der Waals surface area contributed by atoms with Crippen molar-refractivity contribution >= 4 is 28.3 Å². The number of nitrogens with two attached hydrogens (primary N) is 1. The van der Waals surface area contributed by atoms with Crippen molar-refractivity contribution in [3.8, 4) is 0 Å². The van der Waals surface area contributed by atoms with Gasteiger partial charge < -0.3 is 15.6 Å². The predicted octanol–water partition coefficient (Wildman–Crippen LogP) is 1.12. The van der Waals surface area contributed by atoms with Crippen LogP contribution in [0.3, 0.4) is 0 Å². The highest BCUT2D eigenvalue weighted by atomic mass is 32.1. The molecular formula is C8H9NO4S. The van der Waals surface area contributed by atoms with E-state index in [1.807, 2.05) is 0 Å². The van der Waals surface area contributed by atoms with E-state index in [1.165, 1.54) is 7.11 Å². The fourth-order valence-corrected chi connectivity index (χ4v) is 2.04. The second kappa shape index (κ2) is 3.67. The largest absolute Gasteiger partial charge is 0.478 e. The third kappa shape index (κ3) is 1.56. The average molecular weight is 215 g/mol. The van der Waals surface area contributed by atoms with Crippen molar-refractivity contribution < 1.29 is 19.4 Å². The highest BCUT2D eigenvalue weighted by molar-refractivity contribution is 7.16. The minimum atomic E-state index is -1.17. The number of methoxy groups -OCH3 is 1. The van der Waals surface area contributed by atoms with Crippen LogP contribution in [0, 0.1) is 6.92 Å². The Balaban J connectivity index is 3.39. The number of thiophene rings is 1. The molecule has 0 atom stereocenters. The van der Waals surface area contributed by atoms with E-state index >= 15 is 0 Å². The van der Waals surface area contributed by atoms with Gasteiger partial charge in [0.25, 0.3) is 0 Å². The molecule has 0 saturated heterocycles. The molecule has 0 aliphatic carbocycles. The number of ether oxygens (including phenoxy) is 1. The fourth-order valence-electron chi connectivity index (χ4n) is 1.13. The highest BCUT2D eigenvalue weighted by Crippen LogP contribution is 2.30. The van der Waals surface area contributed by atoms with Crippen LogP contribution < -0.4 is 5.73 Å². The monoisotopic (exact) mass is 215 g/mol. The van der Waals surface area contributed by atoms with Crippen LogP contribution in [0.25, 0.3) is 0 Å². The Morgan fingerprint density at radius 3 is 2.43 bits per heavy atom. The molecule has 5 nitrogen and oxygen atoms in total. The van der Waals surface area contributed by atoms with Gasteiger partial charge in [0.15, 0.2) is 0 Å². The first-order valence-corrected chi connectivity index (χ1v) is 4.51. The molecule has 1 aromatic heterocycles. The minimum absolute atomic E-state index is 0.0532. The van der Waals surface area contributed by atoms with Gasteiger partial charge in [-0.05, 0) is 6.92 Å². The predicted molar refractivity (Wildman–Crippen MR) is 51.8 cm³/mol. The molecule has 0 spiro atoms. The lowest BCUT2D eigenvalue weighted by molar-refractivity contribution is 0.0584. The van der Waals surface area contributed by atoms with Gasteiger partial charge in [0.2, 0.25) is 0 Å². The number of rotatable bonds is 2. The lowest BCUT2D eigenvalue weighted by Gasteiger charge is -1.99. The summed E-state index contributed by atoms with van der Waals surface area (Å²) in [4.78, 5) is 22.5. The second-order valence-electron chi connectivity index (χ2n) is 2.57. The summed E-state index contributed by atoms with van der Waals surface area (Å²) in [6.07, 6.45) is 0. The zero-order valence-corrected chi connectivity index (χ0v) is 8.47. The first-order chi connectivity index (χ1) is 6.49. The lowest BCUT2D eigenvalue weighted by atomic mass is 10.1. The second-order valence-corrected chi connectivity index (χ2v) is 3.83. The molecule has 0 aromatic carbocycles. The number of esters is 1. The maximum Gasteiger partial charge on any atom is 0.341 e. The Bertz CT molecular complexity index is 396. The van der Waals surface area contributed by atoms with Gasteiger partial charge in [-0.15, -0.1) is 11.3 Å². The third-order valence-corrected chi connectivity index (χ3v) is 2.65. The zero-order chi connectivity index (χ0) is 10.9. The van der Waals surface area contributed by atoms with Gasteiger partial charge in [-0.2, -0.15) is 0 Å². The van der Waals surface area contributed by atoms with Crippen molar-refractivity contribution in [2.75, 3.05) is 12.8 Å². The molecule has 0 fully saturated rings. The van der Waals surface area contributed by atoms with E-state index in [9.17, 15) is 9.59 Å². The number of carbonyl (C=O) groups excluding carboxylic acids is 1. The minimum Gasteiger partial charge on any atom is -0.478 e. The Hall–Kier alpha value is -1.56. The molecule has 0 aliphatic rings. The number of carboxylic acids is 1. The van der Waals surface area contributed by atoms with Crippen LogP contribution in [-0.4, -0.2) is 24.2 Å². The summed E-state index contributed by atoms with van der Waals surface area (Å²) in [5.74, 6) is -1.89. The fraction of sp³-hybridized carbons (Fsp3) is 0.250. The standard InChI is InChI=1S/C8H9NO4S/c1-3-4(7(10)11)5(6(9)14-3)8(12)13-2/h9H2,1-2H3,(H,10,11). The first-order valence-electron chi connectivity index (χ1n) is 3.69. The van der Waals surface area contributed by atoms with E-state index in [1.54, 1.807) is 6.92 Å². The Kier molecular flexibility index (Phi) is 2.76. The Morgan fingerprint density at radius 1 is 1.43 bits per heavy atom. The molecule has 1 rings (SSSR count). The maximum absolute atomic E-state index is 11.2. The van der Waals surface area contributed by atoms with Gasteiger partial charge in [0.1, 0.15) is 10.6 Å². The van der Waals surface area contributed by atoms with E-state index in [0.717, 1.165) is 11.3 Å². The van der Waals surface area contributed by atoms with Gasteiger partial charge in [-0.1, -0.05) is 0 Å². The number of aryl methyl sites for hydroxylation is 1. The smallest absolute Gasteiger partial charge is 0.341 e. The van der Waals surface area contributed by atoms with E-state index < -0.39 is 11.9 Å². The number of carbonyl (C=O) groups is 2. The van der Waals surface area contributed by atoms with E-state index in [2.05, 4.69) is 4.74 Å². The van der Waals surface area contributed by atoms with Crippen LogP contribution in [0.1, 0.15) is 25.6 Å². The van der Waals surface area contributed by atoms with Crippen LogP contribution in [0.4, 0.5) is 5.00 Å². The molecule has 0 radical (unpaired) electrons. The van der Waals surface area contributed by atoms with Crippen LogP contribution in [0.5, 0.6) is 0 Å². The van der Waals surface area contributed by atoms with Gasteiger partial charge in [-0.3, -0.25) is 0 Å². The van der Waals surface area contributed by atoms with E-state index in [-0.39, 0.29) is 16.1 Å². The quantitative estimate of drug-likeness (QED) is 0.721. The van der Waals surface area contributed by atoms with Crippen LogP contribution in [0.2, 0.25) is 0 Å². The average Bonchev–Trinajstić information content (AvgIpc) is 2.39. The molecule has 1 heterocycles. The van der Waals surface area contributed by atoms with Gasteiger partial charge >= 0.3 is 11.9 Å². The molecule has 0 bridgehead atoms. The van der Waals surface area contributed by atoms with Crippen molar-refractivity contribution in [1.29, 1.82) is 0 Å². The summed E-state index contributed by atoms with van der Waals surface area (Å²) in [5, 5.41) is 9.02. The molecule has 0 aliphatic heterocycles. The number of aromatic carboxylic acids is 1. The van der Waals surface area contributed by atoms with Crippen LogP contribution in [0.15, 0.2) is 0 Å². The van der Waals surface area contributed by atoms with E-state index in [4.69, 9.17) is 10.8 Å². The SMILES string of the molecule is COC(=O)c1c(N)sc(C)c1C(=O)O. The summed E-state index contributed by atoms with van der Waals surface area (Å²) in [5.41, 5.74) is 5.39. The molecule has 1 aromatic rings. The summed E-state index contributed by atoms with van der Waals surface area (Å²) in [6.45, 7) is 1.59. The van der Waals surface area contributed by atoms with Gasteiger partial charge in [-0.25, -0.2) is 9.59 Å². The van der Waals surface area contributed by atoms with Crippen molar-refractivity contribution in [2.24, 2.45) is 0 Å². The zero-order valence-electron chi connectivity index (χ0n) is 7.66. The molecule has 0 unspecified atom stereocenters. The molecule has 14 heavy (non-hydrogen) atoms. The number of nitrogen functional groups attached to an aromatic ring is 1. The molecular weight excluding hydrogens is 206 g/mol. The summed E-state index contributed by atoms with van der Waals surface area (Å²) in [6, 6.07) is 0. The maximum atomic E-state index is 11.2. The van der Waals surface area contributed by atoms with Crippen molar-refractivity contribution in [2.45, 2.75) is 6.92 Å². The molecule has 6 heteroatoms. The van der Waals surface area contributed by atoms with Gasteiger partial charge in [0, 0.05) is 4.88 Å². The van der Waals surface area contributed by atoms with Crippen molar-refractivity contribution in [3.05, 3.63) is 16.0 Å². The van der Waals surface area contributed by atoms with Gasteiger partial charge in [0.05, 0.1) is 12.7 Å². The first kappa shape index (κ1) is 10.5. The summed E-state index contributed by atoms with van der Waals surface area (Å²) >= 11 is 1.06. The number of hydrogen-bond donors (Lipinski definition) is 2. The van der Waals surface area contributed by atoms with Crippen molar-refractivity contribution in [3.63, 3.8) is 0 Å². The summed E-state index contributed by atoms with van der Waals surface area (Å²) in [7, 11) is 1.18. The van der Waals surface area contributed by atoms with Crippen LogP contribution >= 0.6 is 11.3 Å². The molecule has 76 valence electrons. The lowest BCUT2D eigenvalue weighted by Crippen LogP contribution is -2.10. The van der Waals surface area contributed by atoms with Crippen molar-refractivity contribution in [1.82, 2.24) is 0 Å². The van der Waals surface area contributed by atoms with E-state index in [0.29, 0.717) is 4.88 Å². The normalized spacial score (nSPS) is 9.86. The summed E-state index contributed by atoms with van der Waals surface area (Å²) < 4.78 is 4.45. The molecule has 0 saturated carbocycles. The number of hydrogen-bond acceptors (Lipinski definition) is 5. The third-order valence-electron chi connectivity index (χ3n) is 1.71. The Morgan fingerprint density at radius 2 is 2.00 bits per heavy atom. The van der Waals surface area contributed by atoms with Crippen LogP contribution in [-0.2, 0) is 4.74 Å². The Labute approximate surface area is 84.1 Å². The topological polar surface area (TPSA) is 89.6 Å². The molecule has 3 N–H and O–H groups in total.